The van der Waals surface area contributed by atoms with Gasteiger partial charge in [0.25, 0.3) is 0 Å². The van der Waals surface area contributed by atoms with E-state index in [0.29, 0.717) is 25.4 Å². The summed E-state index contributed by atoms with van der Waals surface area (Å²) in [7, 11) is 0.922. The zero-order valence-electron chi connectivity index (χ0n) is 15.9. The summed E-state index contributed by atoms with van der Waals surface area (Å²) in [5.41, 5.74) is 0.994. The van der Waals surface area contributed by atoms with Crippen LogP contribution in [0.5, 0.6) is 0 Å². The minimum Gasteiger partial charge on any atom is -0.381 e. The molecule has 0 bridgehead atoms. The van der Waals surface area contributed by atoms with E-state index in [0.717, 1.165) is 37.3 Å². The predicted molar refractivity (Wildman–Crippen MR) is 105 cm³/mol. The summed E-state index contributed by atoms with van der Waals surface area (Å²) in [4.78, 5) is 20.5. The molecule has 0 aromatic carbocycles. The smallest absolute Gasteiger partial charge is 0.222 e. The zero-order chi connectivity index (χ0) is 19.2. The Labute approximate surface area is 156 Å². The highest BCUT2D eigenvalue weighted by Gasteiger charge is 2.20. The number of sulfone groups is 1. The SMILES string of the molecule is CN(C)c1ccc(N[C@H]2CCCN(C(=O)CCCS(C)(=O)=O)CC2)cn1. The van der Waals surface area contributed by atoms with Gasteiger partial charge < -0.3 is 15.1 Å². The molecule has 0 aliphatic carbocycles. The summed E-state index contributed by atoms with van der Waals surface area (Å²) in [5.74, 6) is 1.06. The van der Waals surface area contributed by atoms with Crippen molar-refractivity contribution < 1.29 is 13.2 Å². The molecule has 1 saturated heterocycles. The first-order valence-electron chi connectivity index (χ1n) is 9.10. The molecule has 146 valence electrons. The summed E-state index contributed by atoms with van der Waals surface area (Å²) in [6.07, 6.45) is 6.59. The molecule has 0 saturated carbocycles. The monoisotopic (exact) mass is 382 g/mol. The number of hydrogen-bond donors (Lipinski definition) is 1. The molecule has 2 heterocycles. The molecule has 8 heteroatoms. The highest BCUT2D eigenvalue weighted by molar-refractivity contribution is 7.90. The van der Waals surface area contributed by atoms with E-state index in [1.54, 1.807) is 0 Å². The molecular formula is C18H30N4O3S. The van der Waals surface area contributed by atoms with Crippen molar-refractivity contribution in [2.24, 2.45) is 0 Å². The standard InChI is InChI=1S/C18H30N4O3S/c1-21(2)17-9-8-16(14-19-17)20-15-6-4-11-22(12-10-15)18(23)7-5-13-26(3,24)25/h8-9,14-15,20H,4-7,10-13H2,1-3H3/t15-/m0/s1. The fourth-order valence-electron chi connectivity index (χ4n) is 3.11. The van der Waals surface area contributed by atoms with Gasteiger partial charge in [0.15, 0.2) is 0 Å². The molecule has 1 aromatic heterocycles. The van der Waals surface area contributed by atoms with E-state index < -0.39 is 9.84 Å². The Morgan fingerprint density at radius 3 is 2.69 bits per heavy atom. The molecule has 1 aliphatic rings. The Morgan fingerprint density at radius 2 is 2.08 bits per heavy atom. The van der Waals surface area contributed by atoms with Gasteiger partial charge in [-0.25, -0.2) is 13.4 Å². The van der Waals surface area contributed by atoms with Crippen LogP contribution in [0.1, 0.15) is 32.1 Å². The molecule has 2 rings (SSSR count). The Bertz CT molecular complexity index is 689. The lowest BCUT2D eigenvalue weighted by Gasteiger charge is -2.21. The molecule has 1 amide bonds. The number of hydrogen-bond acceptors (Lipinski definition) is 6. The number of nitrogens with one attached hydrogen (secondary N) is 1. The molecule has 1 aliphatic heterocycles. The van der Waals surface area contributed by atoms with Crippen molar-refractivity contribution in [3.05, 3.63) is 18.3 Å². The Hall–Kier alpha value is -1.83. The Kier molecular flexibility index (Phi) is 7.25. The van der Waals surface area contributed by atoms with Gasteiger partial charge in [-0.3, -0.25) is 4.79 Å². The Morgan fingerprint density at radius 1 is 1.31 bits per heavy atom. The van der Waals surface area contributed by atoms with Gasteiger partial charge in [0.1, 0.15) is 15.7 Å². The average molecular weight is 383 g/mol. The number of carbonyl (C=O) groups is 1. The maximum absolute atomic E-state index is 12.3. The largest absolute Gasteiger partial charge is 0.381 e. The average Bonchev–Trinajstić information content (AvgIpc) is 2.80. The molecule has 1 atom stereocenters. The molecule has 7 nitrogen and oxygen atoms in total. The van der Waals surface area contributed by atoms with Crippen LogP contribution in [-0.2, 0) is 14.6 Å². The lowest BCUT2D eigenvalue weighted by atomic mass is 10.1. The van der Waals surface area contributed by atoms with E-state index in [9.17, 15) is 13.2 Å². The van der Waals surface area contributed by atoms with Crippen LogP contribution in [0.15, 0.2) is 18.3 Å². The molecule has 1 aromatic rings. The lowest BCUT2D eigenvalue weighted by molar-refractivity contribution is -0.131. The second-order valence-electron chi connectivity index (χ2n) is 7.19. The van der Waals surface area contributed by atoms with Crippen LogP contribution >= 0.6 is 0 Å². The topological polar surface area (TPSA) is 82.6 Å². The number of aromatic nitrogens is 1. The van der Waals surface area contributed by atoms with Crippen molar-refractivity contribution in [2.45, 2.75) is 38.1 Å². The van der Waals surface area contributed by atoms with Crippen molar-refractivity contribution in [3.63, 3.8) is 0 Å². The van der Waals surface area contributed by atoms with Crippen LogP contribution in [0.25, 0.3) is 0 Å². The number of amides is 1. The first-order chi connectivity index (χ1) is 12.2. The second kappa shape index (κ2) is 9.21. The highest BCUT2D eigenvalue weighted by Crippen LogP contribution is 2.18. The number of likely N-dealkylation sites (tertiary alicyclic amines) is 1. The van der Waals surface area contributed by atoms with E-state index in [1.807, 2.05) is 42.2 Å². The number of nitrogens with zero attached hydrogens (tertiary/aromatic N) is 3. The van der Waals surface area contributed by atoms with Gasteiger partial charge in [-0.15, -0.1) is 0 Å². The lowest BCUT2D eigenvalue weighted by Crippen LogP contribution is -2.32. The number of carbonyl (C=O) groups excluding carboxylic acids is 1. The summed E-state index contributed by atoms with van der Waals surface area (Å²) in [6.45, 7) is 1.45. The van der Waals surface area contributed by atoms with Gasteiger partial charge in [-0.1, -0.05) is 0 Å². The minimum absolute atomic E-state index is 0.0614. The van der Waals surface area contributed by atoms with E-state index >= 15 is 0 Å². The molecule has 1 fully saturated rings. The van der Waals surface area contributed by atoms with Crippen molar-refractivity contribution in [2.75, 3.05) is 49.4 Å². The van der Waals surface area contributed by atoms with Gasteiger partial charge in [0, 0.05) is 45.9 Å². The number of pyridine rings is 1. The summed E-state index contributed by atoms with van der Waals surface area (Å²) >= 11 is 0. The maximum atomic E-state index is 12.3. The van der Waals surface area contributed by atoms with Gasteiger partial charge >= 0.3 is 0 Å². The van der Waals surface area contributed by atoms with Crippen molar-refractivity contribution in [3.8, 4) is 0 Å². The first kappa shape index (κ1) is 20.5. The van der Waals surface area contributed by atoms with Crippen LogP contribution < -0.4 is 10.2 Å². The quantitative estimate of drug-likeness (QED) is 0.774. The maximum Gasteiger partial charge on any atom is 0.222 e. The van der Waals surface area contributed by atoms with Gasteiger partial charge in [0.05, 0.1) is 17.6 Å². The number of anilines is 2. The van der Waals surface area contributed by atoms with Crippen LogP contribution in [0.3, 0.4) is 0 Å². The van der Waals surface area contributed by atoms with Crippen molar-refractivity contribution in [1.29, 1.82) is 0 Å². The molecular weight excluding hydrogens is 352 g/mol. The molecule has 1 N–H and O–H groups in total. The van der Waals surface area contributed by atoms with Gasteiger partial charge in [-0.05, 0) is 37.8 Å². The van der Waals surface area contributed by atoms with Crippen LogP contribution in [-0.4, -0.2) is 69.4 Å². The second-order valence-corrected chi connectivity index (χ2v) is 9.45. The summed E-state index contributed by atoms with van der Waals surface area (Å²) < 4.78 is 22.4. The zero-order valence-corrected chi connectivity index (χ0v) is 16.8. The highest BCUT2D eigenvalue weighted by atomic mass is 32.2. The first-order valence-corrected chi connectivity index (χ1v) is 11.2. The molecule has 0 radical (unpaired) electrons. The summed E-state index contributed by atoms with van der Waals surface area (Å²) in [6, 6.07) is 4.33. The number of rotatable bonds is 7. The third-order valence-corrected chi connectivity index (χ3v) is 5.59. The third kappa shape index (κ3) is 6.82. The van der Waals surface area contributed by atoms with Crippen LogP contribution in [0, 0.1) is 0 Å². The Balaban J connectivity index is 1.80. The van der Waals surface area contributed by atoms with Crippen LogP contribution in [0.2, 0.25) is 0 Å². The summed E-state index contributed by atoms with van der Waals surface area (Å²) in [5, 5.41) is 3.51. The predicted octanol–water partition coefficient (Wildman–Crippen LogP) is 1.77. The van der Waals surface area contributed by atoms with Gasteiger partial charge in [-0.2, -0.15) is 0 Å². The van der Waals surface area contributed by atoms with Crippen molar-refractivity contribution in [1.82, 2.24) is 9.88 Å². The van der Waals surface area contributed by atoms with Crippen LogP contribution in [0.4, 0.5) is 11.5 Å². The fourth-order valence-corrected chi connectivity index (χ4v) is 3.77. The third-order valence-electron chi connectivity index (χ3n) is 4.56. The molecule has 0 spiro atoms. The molecule has 0 unspecified atom stereocenters. The van der Waals surface area contributed by atoms with Gasteiger partial charge in [0.2, 0.25) is 5.91 Å². The van der Waals surface area contributed by atoms with Crippen molar-refractivity contribution >= 4 is 27.2 Å². The molecule has 26 heavy (non-hydrogen) atoms. The minimum atomic E-state index is -3.00. The normalized spacial score (nSPS) is 18.3. The van der Waals surface area contributed by atoms with E-state index in [-0.39, 0.29) is 11.7 Å². The van der Waals surface area contributed by atoms with E-state index in [4.69, 9.17) is 0 Å². The fraction of sp³-hybridized carbons (Fsp3) is 0.667. The van der Waals surface area contributed by atoms with E-state index in [2.05, 4.69) is 10.3 Å². The van der Waals surface area contributed by atoms with E-state index in [1.165, 1.54) is 6.26 Å².